The van der Waals surface area contributed by atoms with Crippen molar-refractivity contribution >= 4 is 0 Å². The molecule has 2 unspecified atom stereocenters. The lowest BCUT2D eigenvalue weighted by atomic mass is 9.90. The Morgan fingerprint density at radius 2 is 2.42 bits per heavy atom. The fourth-order valence-corrected chi connectivity index (χ4v) is 2.54. The van der Waals surface area contributed by atoms with Gasteiger partial charge in [-0.15, -0.1) is 0 Å². The smallest absolute Gasteiger partial charge is 0.244 e. The van der Waals surface area contributed by atoms with E-state index in [-0.39, 0.29) is 6.04 Å². The van der Waals surface area contributed by atoms with Crippen molar-refractivity contribution in [2.75, 3.05) is 6.54 Å². The molecule has 1 saturated heterocycles. The van der Waals surface area contributed by atoms with Gasteiger partial charge in [-0.1, -0.05) is 18.5 Å². The predicted octanol–water partition coefficient (Wildman–Crippen LogP) is 2.58. The molecule has 1 aliphatic rings. The van der Waals surface area contributed by atoms with Gasteiger partial charge in [-0.3, -0.25) is 4.98 Å². The zero-order chi connectivity index (χ0) is 13.1. The van der Waals surface area contributed by atoms with Crippen LogP contribution >= 0.6 is 0 Å². The molecule has 2 aromatic rings. The number of nitrogens with zero attached hydrogens (tertiary/aromatic N) is 3. The first-order valence-electron chi connectivity index (χ1n) is 6.84. The van der Waals surface area contributed by atoms with Gasteiger partial charge in [0.05, 0.1) is 6.04 Å². The minimum Gasteiger partial charge on any atom is -0.337 e. The van der Waals surface area contributed by atoms with Crippen LogP contribution in [0.3, 0.4) is 0 Å². The van der Waals surface area contributed by atoms with Crippen molar-refractivity contribution in [3.05, 3.63) is 30.4 Å². The van der Waals surface area contributed by atoms with Gasteiger partial charge in [0.25, 0.3) is 0 Å². The maximum atomic E-state index is 5.40. The highest BCUT2D eigenvalue weighted by Gasteiger charge is 2.26. The lowest BCUT2D eigenvalue weighted by Gasteiger charge is -2.27. The summed E-state index contributed by atoms with van der Waals surface area (Å²) in [6, 6.07) is 4.00. The average molecular weight is 258 g/mol. The summed E-state index contributed by atoms with van der Waals surface area (Å²) in [4.78, 5) is 8.56. The second-order valence-electron chi connectivity index (χ2n) is 5.00. The summed E-state index contributed by atoms with van der Waals surface area (Å²) in [6.45, 7) is 3.26. The molecule has 0 radical (unpaired) electrons. The first-order chi connectivity index (χ1) is 9.36. The number of piperidine rings is 1. The lowest BCUT2D eigenvalue weighted by Crippen LogP contribution is -2.31. The summed E-state index contributed by atoms with van der Waals surface area (Å²) >= 11 is 0. The summed E-state index contributed by atoms with van der Waals surface area (Å²) in [5.74, 6) is 2.06. The van der Waals surface area contributed by atoms with Gasteiger partial charge in [0.2, 0.25) is 11.7 Å². The summed E-state index contributed by atoms with van der Waals surface area (Å²) in [5.41, 5.74) is 0.889. The molecule has 2 aromatic heterocycles. The van der Waals surface area contributed by atoms with Crippen LogP contribution in [-0.4, -0.2) is 21.7 Å². The highest BCUT2D eigenvalue weighted by atomic mass is 16.5. The molecule has 0 aliphatic carbocycles. The van der Waals surface area contributed by atoms with Gasteiger partial charge in [-0.05, 0) is 37.4 Å². The Balaban J connectivity index is 1.78. The lowest BCUT2D eigenvalue weighted by molar-refractivity contribution is 0.246. The summed E-state index contributed by atoms with van der Waals surface area (Å²) < 4.78 is 5.40. The third kappa shape index (κ3) is 2.66. The molecule has 5 heteroatoms. The van der Waals surface area contributed by atoms with E-state index in [4.69, 9.17) is 4.52 Å². The summed E-state index contributed by atoms with van der Waals surface area (Å²) in [7, 11) is 0. The average Bonchev–Trinajstić information content (AvgIpc) is 2.98. The van der Waals surface area contributed by atoms with Crippen LogP contribution in [0.25, 0.3) is 11.4 Å². The van der Waals surface area contributed by atoms with Crippen molar-refractivity contribution < 1.29 is 4.52 Å². The summed E-state index contributed by atoms with van der Waals surface area (Å²) in [5, 5.41) is 7.50. The van der Waals surface area contributed by atoms with E-state index in [1.165, 1.54) is 12.8 Å². The maximum absolute atomic E-state index is 5.40. The number of hydrogen-bond donors (Lipinski definition) is 1. The van der Waals surface area contributed by atoms with E-state index in [1.807, 2.05) is 12.1 Å². The molecule has 0 saturated carbocycles. The number of pyridine rings is 1. The first-order valence-corrected chi connectivity index (χ1v) is 6.84. The Morgan fingerprint density at radius 1 is 1.47 bits per heavy atom. The normalized spacial score (nSPS) is 23.4. The van der Waals surface area contributed by atoms with E-state index in [9.17, 15) is 0 Å². The fraction of sp³-hybridized carbons (Fsp3) is 0.500. The molecule has 0 amide bonds. The Morgan fingerprint density at radius 3 is 3.21 bits per heavy atom. The van der Waals surface area contributed by atoms with Crippen molar-refractivity contribution in [3.63, 3.8) is 0 Å². The molecule has 19 heavy (non-hydrogen) atoms. The molecule has 5 nitrogen and oxygen atoms in total. The van der Waals surface area contributed by atoms with Crippen LogP contribution in [0.4, 0.5) is 0 Å². The second kappa shape index (κ2) is 5.48. The van der Waals surface area contributed by atoms with E-state index >= 15 is 0 Å². The molecule has 3 heterocycles. The highest BCUT2D eigenvalue weighted by molar-refractivity contribution is 5.51. The van der Waals surface area contributed by atoms with Crippen LogP contribution < -0.4 is 5.32 Å². The zero-order valence-corrected chi connectivity index (χ0v) is 11.0. The van der Waals surface area contributed by atoms with Crippen molar-refractivity contribution in [2.24, 2.45) is 5.92 Å². The number of nitrogens with one attached hydrogen (secondary N) is 1. The largest absolute Gasteiger partial charge is 0.337 e. The number of rotatable bonds is 3. The molecule has 0 bridgehead atoms. The highest BCUT2D eigenvalue weighted by Crippen LogP contribution is 2.29. The van der Waals surface area contributed by atoms with Crippen molar-refractivity contribution in [1.29, 1.82) is 0 Å². The van der Waals surface area contributed by atoms with E-state index in [0.29, 0.717) is 11.7 Å². The van der Waals surface area contributed by atoms with Crippen LogP contribution in [0.2, 0.25) is 0 Å². The molecule has 100 valence electrons. The summed E-state index contributed by atoms with van der Waals surface area (Å²) in [6.07, 6.45) is 7.00. The molecule has 1 fully saturated rings. The first kappa shape index (κ1) is 12.3. The molecular weight excluding hydrogens is 240 g/mol. The van der Waals surface area contributed by atoms with Crippen LogP contribution in [0, 0.1) is 5.92 Å². The number of aromatic nitrogens is 3. The number of hydrogen-bond acceptors (Lipinski definition) is 5. The molecular formula is C14H18N4O. The van der Waals surface area contributed by atoms with Crippen LogP contribution in [0.15, 0.2) is 29.0 Å². The third-order valence-electron chi connectivity index (χ3n) is 3.75. The van der Waals surface area contributed by atoms with Gasteiger partial charge in [-0.2, -0.15) is 4.98 Å². The van der Waals surface area contributed by atoms with Gasteiger partial charge >= 0.3 is 0 Å². The minimum absolute atomic E-state index is 0.191. The van der Waals surface area contributed by atoms with Gasteiger partial charge in [0, 0.05) is 18.0 Å². The Kier molecular flexibility index (Phi) is 3.55. The topological polar surface area (TPSA) is 63.8 Å². The van der Waals surface area contributed by atoms with E-state index in [1.54, 1.807) is 12.4 Å². The molecule has 1 N–H and O–H groups in total. The monoisotopic (exact) mass is 258 g/mol. The molecule has 2 atom stereocenters. The Hall–Kier alpha value is -1.75. The quantitative estimate of drug-likeness (QED) is 0.916. The molecule has 0 spiro atoms. The van der Waals surface area contributed by atoms with Crippen molar-refractivity contribution in [1.82, 2.24) is 20.4 Å². The van der Waals surface area contributed by atoms with Crippen LogP contribution in [0.1, 0.15) is 38.1 Å². The van der Waals surface area contributed by atoms with Gasteiger partial charge in [0.1, 0.15) is 0 Å². The molecule has 3 rings (SSSR count). The second-order valence-corrected chi connectivity index (χ2v) is 5.00. The molecule has 0 aromatic carbocycles. The predicted molar refractivity (Wildman–Crippen MR) is 71.3 cm³/mol. The minimum atomic E-state index is 0.191. The standard InChI is InChI=1S/C14H18N4O/c1-2-10-5-7-16-12(8-10)14-17-13(18-19-14)11-4-3-6-15-9-11/h3-4,6,9-10,12,16H,2,5,7-8H2,1H3. The Labute approximate surface area is 112 Å². The van der Waals surface area contributed by atoms with Crippen molar-refractivity contribution in [2.45, 2.75) is 32.2 Å². The third-order valence-corrected chi connectivity index (χ3v) is 3.75. The van der Waals surface area contributed by atoms with Gasteiger partial charge in [-0.25, -0.2) is 0 Å². The fourth-order valence-electron chi connectivity index (χ4n) is 2.54. The maximum Gasteiger partial charge on any atom is 0.244 e. The van der Waals surface area contributed by atoms with Gasteiger partial charge in [0.15, 0.2) is 0 Å². The van der Waals surface area contributed by atoms with Crippen LogP contribution in [-0.2, 0) is 0 Å². The van der Waals surface area contributed by atoms with E-state index < -0.39 is 0 Å². The van der Waals surface area contributed by atoms with Crippen LogP contribution in [0.5, 0.6) is 0 Å². The SMILES string of the molecule is CCC1CCNC(c2nc(-c3cccnc3)no2)C1. The Bertz CT molecular complexity index is 525. The van der Waals surface area contributed by atoms with E-state index in [0.717, 1.165) is 24.4 Å². The van der Waals surface area contributed by atoms with Crippen molar-refractivity contribution in [3.8, 4) is 11.4 Å². The zero-order valence-electron chi connectivity index (χ0n) is 11.0. The molecule has 1 aliphatic heterocycles. The van der Waals surface area contributed by atoms with E-state index in [2.05, 4.69) is 27.4 Å². The van der Waals surface area contributed by atoms with Gasteiger partial charge < -0.3 is 9.84 Å².